The first-order valence-electron chi connectivity index (χ1n) is 33.5. The van der Waals surface area contributed by atoms with Crippen molar-refractivity contribution in [1.29, 1.82) is 10.5 Å². The van der Waals surface area contributed by atoms with Gasteiger partial charge in [-0.25, -0.2) is 4.79 Å². The number of nitrogens with zero attached hydrogens (tertiary/aromatic N) is 13. The normalized spacial score (nSPS) is 21.4. The number of carbonyl (C=O) groups is 1. The number of rotatable bonds is 16. The molecular formula is C72H103N13O6S4. The minimum absolute atomic E-state index is 0. The van der Waals surface area contributed by atoms with Gasteiger partial charge in [-0.15, -0.1) is 0 Å². The van der Waals surface area contributed by atoms with Crippen LogP contribution in [-0.2, 0) is 40.1 Å². The summed E-state index contributed by atoms with van der Waals surface area (Å²) in [6.07, 6.45) is 6.55. The number of piperazine rings is 1. The van der Waals surface area contributed by atoms with Gasteiger partial charge in [-0.2, -0.15) is 84.4 Å². The number of amides is 1. The maximum atomic E-state index is 13.1. The molecule has 8 heterocycles. The number of ether oxygens (including phenoxy) is 5. The zero-order valence-electron chi connectivity index (χ0n) is 57.3. The zero-order valence-corrected chi connectivity index (χ0v) is 61.3. The minimum atomic E-state index is -0.615. The molecule has 0 bridgehead atoms. The SMILES string of the molecule is Cc1cc(N2CCc3c(nc(OCCCN4C[C@H](C)OC[C@@H]4C)nc3N3CCCC(CC#N)C3)C2)c2ccccc2c1.Cc1cc(N2CCc3c(nc(OCCCN4C[C@H](C)OC[C@@H]4C)nc3N3CCN(C(=O)OC(C)(C)C)C(CC#N)C3)C2)c2ccccc2c1.S.S.S.S. The molecule has 6 aliphatic rings. The Labute approximate surface area is 591 Å². The van der Waals surface area contributed by atoms with E-state index in [2.05, 4.69) is 156 Å². The number of hydrogen-bond donors (Lipinski definition) is 0. The molecule has 23 heteroatoms. The molecule has 19 nitrogen and oxygen atoms in total. The fourth-order valence-corrected chi connectivity index (χ4v) is 14.1. The van der Waals surface area contributed by atoms with Gasteiger partial charge in [0.15, 0.2) is 0 Å². The summed E-state index contributed by atoms with van der Waals surface area (Å²) in [5, 5.41) is 24.1. The number of anilines is 4. The summed E-state index contributed by atoms with van der Waals surface area (Å²) in [6, 6.07) is 32.3. The van der Waals surface area contributed by atoms with E-state index in [0.29, 0.717) is 75.8 Å². The molecule has 0 saturated carbocycles. The summed E-state index contributed by atoms with van der Waals surface area (Å²) in [5.41, 5.74) is 8.71. The predicted molar refractivity (Wildman–Crippen MR) is 400 cm³/mol. The van der Waals surface area contributed by atoms with Gasteiger partial charge in [0, 0.05) is 124 Å². The number of nitriles is 2. The van der Waals surface area contributed by atoms with Crippen LogP contribution < -0.4 is 29.1 Å². The van der Waals surface area contributed by atoms with E-state index in [1.165, 1.54) is 49.6 Å². The molecule has 4 fully saturated rings. The van der Waals surface area contributed by atoms with Crippen LogP contribution in [0, 0.1) is 42.4 Å². The molecule has 95 heavy (non-hydrogen) atoms. The van der Waals surface area contributed by atoms with Crippen molar-refractivity contribution in [3.63, 3.8) is 0 Å². The highest BCUT2D eigenvalue weighted by atomic mass is 32.1. The van der Waals surface area contributed by atoms with Crippen molar-refractivity contribution in [1.82, 2.24) is 34.6 Å². The quantitative estimate of drug-likeness (QED) is 0.0832. The first kappa shape index (κ1) is 76.2. The van der Waals surface area contributed by atoms with Crippen molar-refractivity contribution in [2.45, 2.75) is 163 Å². The van der Waals surface area contributed by atoms with Crippen molar-refractivity contribution < 1.29 is 28.5 Å². The van der Waals surface area contributed by atoms with Crippen molar-refractivity contribution in [3.8, 4) is 24.2 Å². The summed E-state index contributed by atoms with van der Waals surface area (Å²) in [7, 11) is 0. The van der Waals surface area contributed by atoms with E-state index in [0.717, 1.165) is 139 Å². The largest absolute Gasteiger partial charge is 0.463 e. The average Bonchev–Trinajstić information content (AvgIpc) is 0.778. The van der Waals surface area contributed by atoms with Gasteiger partial charge in [-0.05, 0) is 141 Å². The van der Waals surface area contributed by atoms with E-state index in [9.17, 15) is 15.3 Å². The van der Waals surface area contributed by atoms with Gasteiger partial charge in [0.2, 0.25) is 0 Å². The lowest BCUT2D eigenvalue weighted by atomic mass is 9.94. The predicted octanol–water partition coefficient (Wildman–Crippen LogP) is 11.7. The van der Waals surface area contributed by atoms with Gasteiger partial charge in [0.1, 0.15) is 17.2 Å². The van der Waals surface area contributed by atoms with Crippen molar-refractivity contribution in [2.24, 2.45) is 5.92 Å². The van der Waals surface area contributed by atoms with Crippen LogP contribution in [0.25, 0.3) is 21.5 Å². The molecule has 2 aromatic heterocycles. The second-order valence-corrected chi connectivity index (χ2v) is 27.2. The molecule has 6 atom stereocenters. The van der Waals surface area contributed by atoms with Crippen LogP contribution in [0.3, 0.4) is 0 Å². The lowest BCUT2D eigenvalue weighted by Gasteiger charge is -2.42. The van der Waals surface area contributed by atoms with Crippen molar-refractivity contribution in [2.75, 3.05) is 118 Å². The molecule has 6 aliphatic heterocycles. The maximum Gasteiger partial charge on any atom is 0.410 e. The van der Waals surface area contributed by atoms with Crippen LogP contribution in [0.1, 0.15) is 121 Å². The average molecular weight is 1370 g/mol. The van der Waals surface area contributed by atoms with Gasteiger partial charge in [0.05, 0.1) is 87.7 Å². The third-order valence-electron chi connectivity index (χ3n) is 18.7. The van der Waals surface area contributed by atoms with Crippen LogP contribution in [0.5, 0.6) is 12.0 Å². The summed E-state index contributed by atoms with van der Waals surface area (Å²) >= 11 is 0. The Hall–Kier alpha value is -6.15. The molecule has 0 spiro atoms. The minimum Gasteiger partial charge on any atom is -0.463 e. The fraction of sp³-hybridized carbons (Fsp3) is 0.569. The Morgan fingerprint density at radius 1 is 0.600 bits per heavy atom. The maximum absolute atomic E-state index is 13.1. The number of aromatic nitrogens is 4. The van der Waals surface area contributed by atoms with E-state index in [1.807, 2.05) is 20.8 Å². The Kier molecular flexibility index (Phi) is 28.0. The third kappa shape index (κ3) is 19.2. The first-order chi connectivity index (χ1) is 44.0. The van der Waals surface area contributed by atoms with E-state index in [4.69, 9.17) is 43.6 Å². The number of morpholine rings is 2. The number of fused-ring (bicyclic) bond motifs is 4. The van der Waals surface area contributed by atoms with Gasteiger partial charge < -0.3 is 48.2 Å². The zero-order chi connectivity index (χ0) is 63.8. The lowest BCUT2D eigenvalue weighted by Crippen LogP contribution is -2.56. The molecular weight excluding hydrogens is 1270 g/mol. The summed E-state index contributed by atoms with van der Waals surface area (Å²) < 4.78 is 29.9. The topological polar surface area (TPSA) is 185 Å². The highest BCUT2D eigenvalue weighted by Gasteiger charge is 2.37. The summed E-state index contributed by atoms with van der Waals surface area (Å²) in [6.45, 7) is 31.4. The van der Waals surface area contributed by atoms with Gasteiger partial charge in [-0.1, -0.05) is 60.7 Å². The van der Waals surface area contributed by atoms with Crippen LogP contribution in [0.15, 0.2) is 72.8 Å². The number of aryl methyl sites for hydroxylation is 2. The Balaban J connectivity index is 0.000000260. The molecule has 6 aromatic rings. The highest BCUT2D eigenvalue weighted by molar-refractivity contribution is 7.59. The molecule has 12 rings (SSSR count). The van der Waals surface area contributed by atoms with E-state index < -0.39 is 5.60 Å². The Bertz CT molecular complexity index is 3610. The second-order valence-electron chi connectivity index (χ2n) is 27.2. The summed E-state index contributed by atoms with van der Waals surface area (Å²) in [5.74, 6) is 2.24. The van der Waals surface area contributed by atoms with E-state index >= 15 is 0 Å². The second kappa shape index (κ2) is 34.9. The lowest BCUT2D eigenvalue weighted by molar-refractivity contribution is -0.0503. The first-order valence-corrected chi connectivity index (χ1v) is 33.5. The monoisotopic (exact) mass is 1370 g/mol. The van der Waals surface area contributed by atoms with Gasteiger partial charge in [0.25, 0.3) is 0 Å². The van der Waals surface area contributed by atoms with E-state index in [-0.39, 0.29) is 84.7 Å². The Morgan fingerprint density at radius 2 is 1.08 bits per heavy atom. The summed E-state index contributed by atoms with van der Waals surface area (Å²) in [4.78, 5) is 49.4. The molecule has 0 N–H and O–H groups in total. The van der Waals surface area contributed by atoms with E-state index in [1.54, 1.807) is 4.90 Å². The molecule has 516 valence electrons. The number of benzene rings is 4. The van der Waals surface area contributed by atoms with Crippen molar-refractivity contribution >= 4 is 105 Å². The van der Waals surface area contributed by atoms with Gasteiger partial charge >= 0.3 is 18.1 Å². The molecule has 0 aliphatic carbocycles. The molecule has 4 saturated heterocycles. The van der Waals surface area contributed by atoms with Crippen LogP contribution in [0.2, 0.25) is 0 Å². The third-order valence-corrected chi connectivity index (χ3v) is 18.7. The number of hydrogen-bond acceptors (Lipinski definition) is 18. The standard InChI is InChI=1S/C38H51N7O4.C34H44N6O2.4H2S/c1-26-20-29-10-7-8-11-31(29)34(21-26)43-16-13-32-33(24-43)40-36(47-19-9-15-42-22-28(3)48-25-27(42)2)41-35(32)44-17-18-45(30(23-44)12-14-39)37(46)49-38(4,5)6;1-24-18-28-9-4-5-10-29(28)32(19-24)39-16-12-30-31(22-39)36-34(37-33(30)40-14-6-8-27(21-40)11-13-35)41-17-7-15-38-20-26(3)42-23-25(38)2;;;;/h7-8,10-11,20-21,27-28,30H,9,12-13,15-19,22-25H2,1-6H3;4-5,9-10,18-19,25-27H,6-8,11-12,14-17,20-23H2,1-3H3;4*1H2/t27-,28-,30?;25-,26-,27?;;;;/m00..../s1. The van der Waals surface area contributed by atoms with Crippen LogP contribution in [-0.4, -0.2) is 175 Å². The molecule has 0 radical (unpaired) electrons. The number of piperidine rings is 1. The molecule has 1 amide bonds. The molecule has 4 aromatic carbocycles. The van der Waals surface area contributed by atoms with Crippen LogP contribution >= 0.6 is 54.0 Å². The van der Waals surface area contributed by atoms with Crippen molar-refractivity contribution in [3.05, 3.63) is 106 Å². The van der Waals surface area contributed by atoms with Gasteiger partial charge in [-0.3, -0.25) is 9.80 Å². The number of carbonyl (C=O) groups excluding carboxylic acids is 1. The van der Waals surface area contributed by atoms with Crippen LogP contribution in [0.4, 0.5) is 27.8 Å². The fourth-order valence-electron chi connectivity index (χ4n) is 14.1. The highest BCUT2D eigenvalue weighted by Crippen LogP contribution is 2.39. The molecule has 2 unspecified atom stereocenters. The smallest absolute Gasteiger partial charge is 0.410 e. The Morgan fingerprint density at radius 3 is 1.57 bits per heavy atom.